The van der Waals surface area contributed by atoms with Gasteiger partial charge in [0.1, 0.15) is 12.0 Å². The average molecular weight is 425 g/mol. The Labute approximate surface area is 179 Å². The van der Waals surface area contributed by atoms with Gasteiger partial charge in [-0.05, 0) is 49.2 Å². The van der Waals surface area contributed by atoms with Gasteiger partial charge < -0.3 is 19.4 Å². The number of rotatable bonds is 6. The molecule has 3 aromatic rings. The predicted molar refractivity (Wildman–Crippen MR) is 116 cm³/mol. The van der Waals surface area contributed by atoms with Crippen molar-refractivity contribution in [2.45, 2.75) is 25.9 Å². The Kier molecular flexibility index (Phi) is 5.77. The molecule has 4 rings (SSSR count). The van der Waals surface area contributed by atoms with Crippen molar-refractivity contribution in [1.82, 2.24) is 0 Å². The number of hydrogen-bond acceptors (Lipinski definition) is 5. The molecule has 0 saturated carbocycles. The molecule has 1 aliphatic rings. The lowest BCUT2D eigenvalue weighted by atomic mass is 10.1. The first kappa shape index (κ1) is 20.0. The average Bonchev–Trinajstić information content (AvgIpc) is 3.04. The maximum Gasteiger partial charge on any atom is 0.262 e. The number of carbonyl (C=O) groups is 1. The topological polar surface area (TPSA) is 71.8 Å². The van der Waals surface area contributed by atoms with Crippen LogP contribution in [0.5, 0.6) is 5.75 Å². The number of hydrogen-bond donors (Lipinski definition) is 1. The minimum absolute atomic E-state index is 0.000114. The Morgan fingerprint density at radius 3 is 2.77 bits per heavy atom. The Bertz CT molecular complexity index is 1110. The van der Waals surface area contributed by atoms with E-state index in [9.17, 15) is 9.59 Å². The molecule has 0 saturated heterocycles. The van der Waals surface area contributed by atoms with Gasteiger partial charge in [0, 0.05) is 28.5 Å². The van der Waals surface area contributed by atoms with Crippen LogP contribution in [0.4, 0.5) is 11.4 Å². The molecule has 1 aromatic heterocycles. The Balaban J connectivity index is 1.37. The summed E-state index contributed by atoms with van der Waals surface area (Å²) in [5.41, 5.74) is 2.72. The SMILES string of the molecule is C[C@@H]1Cc2ccccc2N1Cc1cc(=O)c(OCC(=O)Nc2ccc(Cl)cc2)co1. The van der Waals surface area contributed by atoms with E-state index in [2.05, 4.69) is 29.3 Å². The van der Waals surface area contributed by atoms with Gasteiger partial charge in [0.2, 0.25) is 11.2 Å². The van der Waals surface area contributed by atoms with Crippen LogP contribution in [0.1, 0.15) is 18.2 Å². The second-order valence-corrected chi connectivity index (χ2v) is 7.66. The molecule has 0 unspecified atom stereocenters. The van der Waals surface area contributed by atoms with Crippen molar-refractivity contribution in [3.63, 3.8) is 0 Å². The van der Waals surface area contributed by atoms with E-state index < -0.39 is 0 Å². The van der Waals surface area contributed by atoms with Gasteiger partial charge in [-0.15, -0.1) is 0 Å². The van der Waals surface area contributed by atoms with Crippen molar-refractivity contribution < 1.29 is 13.9 Å². The standard InChI is InChI=1S/C23H21ClN2O4/c1-15-10-16-4-2-3-5-20(16)26(15)12-19-11-21(27)22(13-29-19)30-14-23(28)25-18-8-6-17(24)7-9-18/h2-9,11,13,15H,10,12,14H2,1H3,(H,25,28)/t15-/m1/s1. The third-order valence-corrected chi connectivity index (χ3v) is 5.27. The number of nitrogens with zero attached hydrogens (tertiary/aromatic N) is 1. The number of fused-ring (bicyclic) bond motifs is 1. The summed E-state index contributed by atoms with van der Waals surface area (Å²) in [4.78, 5) is 26.6. The summed E-state index contributed by atoms with van der Waals surface area (Å²) < 4.78 is 11.0. The number of anilines is 2. The Hall–Kier alpha value is -3.25. The predicted octanol–water partition coefficient (Wildman–Crippen LogP) is 4.26. The van der Waals surface area contributed by atoms with Crippen LogP contribution >= 0.6 is 11.6 Å². The van der Waals surface area contributed by atoms with Crippen molar-refractivity contribution in [3.8, 4) is 5.75 Å². The molecular weight excluding hydrogens is 404 g/mol. The fourth-order valence-electron chi connectivity index (χ4n) is 3.54. The minimum atomic E-state index is -0.386. The van der Waals surface area contributed by atoms with Gasteiger partial charge in [-0.1, -0.05) is 29.8 Å². The van der Waals surface area contributed by atoms with Crippen LogP contribution < -0.4 is 20.4 Å². The van der Waals surface area contributed by atoms with Crippen molar-refractivity contribution >= 4 is 28.9 Å². The molecule has 2 heterocycles. The lowest BCUT2D eigenvalue weighted by molar-refractivity contribution is -0.118. The maximum absolute atomic E-state index is 12.4. The molecule has 1 N–H and O–H groups in total. The Morgan fingerprint density at radius 2 is 2.00 bits per heavy atom. The lowest BCUT2D eigenvalue weighted by Gasteiger charge is -2.24. The molecule has 0 radical (unpaired) electrons. The number of ether oxygens (including phenoxy) is 1. The van der Waals surface area contributed by atoms with Crippen LogP contribution in [0.2, 0.25) is 5.02 Å². The molecule has 0 fully saturated rings. The number of benzene rings is 2. The molecule has 0 aliphatic carbocycles. The third-order valence-electron chi connectivity index (χ3n) is 5.01. The van der Waals surface area contributed by atoms with Crippen LogP contribution in [-0.2, 0) is 17.8 Å². The van der Waals surface area contributed by atoms with E-state index >= 15 is 0 Å². The van der Waals surface area contributed by atoms with Crippen LogP contribution in [0, 0.1) is 0 Å². The molecule has 1 amide bonds. The highest BCUT2D eigenvalue weighted by atomic mass is 35.5. The van der Waals surface area contributed by atoms with E-state index in [-0.39, 0.29) is 23.7 Å². The van der Waals surface area contributed by atoms with Gasteiger partial charge >= 0.3 is 0 Å². The second kappa shape index (κ2) is 8.63. The van der Waals surface area contributed by atoms with Crippen LogP contribution in [0.3, 0.4) is 0 Å². The molecule has 0 spiro atoms. The summed E-state index contributed by atoms with van der Waals surface area (Å²) in [6.07, 6.45) is 2.23. The molecule has 1 atom stereocenters. The molecule has 2 aromatic carbocycles. The van der Waals surface area contributed by atoms with Crippen molar-refractivity contribution in [1.29, 1.82) is 0 Å². The van der Waals surface area contributed by atoms with Crippen molar-refractivity contribution in [2.75, 3.05) is 16.8 Å². The number of para-hydroxylation sites is 1. The molecule has 1 aliphatic heterocycles. The summed E-state index contributed by atoms with van der Waals surface area (Å²) in [6, 6.07) is 16.7. The fraction of sp³-hybridized carbons (Fsp3) is 0.217. The summed E-state index contributed by atoms with van der Waals surface area (Å²) >= 11 is 5.82. The van der Waals surface area contributed by atoms with Gasteiger partial charge in [-0.3, -0.25) is 9.59 Å². The highest BCUT2D eigenvalue weighted by Crippen LogP contribution is 2.32. The quantitative estimate of drug-likeness (QED) is 0.640. The highest BCUT2D eigenvalue weighted by molar-refractivity contribution is 6.30. The molecule has 154 valence electrons. The van der Waals surface area contributed by atoms with E-state index in [0.717, 1.165) is 12.1 Å². The van der Waals surface area contributed by atoms with Crippen molar-refractivity contribution in [2.24, 2.45) is 0 Å². The number of halogens is 1. The maximum atomic E-state index is 12.4. The van der Waals surface area contributed by atoms with Crippen LogP contribution in [0.25, 0.3) is 0 Å². The molecule has 30 heavy (non-hydrogen) atoms. The van der Waals surface area contributed by atoms with Gasteiger partial charge in [-0.2, -0.15) is 0 Å². The normalized spacial score (nSPS) is 15.0. The fourth-order valence-corrected chi connectivity index (χ4v) is 3.66. The summed E-state index contributed by atoms with van der Waals surface area (Å²) in [5.74, 6) is 0.157. The minimum Gasteiger partial charge on any atom is -0.477 e. The smallest absolute Gasteiger partial charge is 0.262 e. The zero-order chi connectivity index (χ0) is 21.1. The molecule has 0 bridgehead atoms. The van der Waals surface area contributed by atoms with Gasteiger partial charge in [0.05, 0.1) is 6.54 Å². The summed E-state index contributed by atoms with van der Waals surface area (Å²) in [6.45, 7) is 2.34. The summed E-state index contributed by atoms with van der Waals surface area (Å²) in [5, 5.41) is 3.25. The Morgan fingerprint density at radius 1 is 1.23 bits per heavy atom. The van der Waals surface area contributed by atoms with Crippen LogP contribution in [0.15, 0.2) is 70.1 Å². The van der Waals surface area contributed by atoms with Crippen LogP contribution in [-0.4, -0.2) is 18.6 Å². The lowest BCUT2D eigenvalue weighted by Crippen LogP contribution is -2.29. The van der Waals surface area contributed by atoms with E-state index in [1.165, 1.54) is 17.9 Å². The van der Waals surface area contributed by atoms with E-state index in [1.54, 1.807) is 24.3 Å². The monoisotopic (exact) mass is 424 g/mol. The highest BCUT2D eigenvalue weighted by Gasteiger charge is 2.26. The first-order valence-electron chi connectivity index (χ1n) is 9.64. The van der Waals surface area contributed by atoms with E-state index in [0.29, 0.717) is 29.1 Å². The van der Waals surface area contributed by atoms with Crippen molar-refractivity contribution in [3.05, 3.63) is 87.4 Å². The van der Waals surface area contributed by atoms with Gasteiger partial charge in [-0.25, -0.2) is 0 Å². The third kappa shape index (κ3) is 4.49. The largest absolute Gasteiger partial charge is 0.477 e. The molecule has 7 heteroatoms. The first-order valence-corrected chi connectivity index (χ1v) is 10.0. The zero-order valence-corrected chi connectivity index (χ0v) is 17.2. The molecule has 6 nitrogen and oxygen atoms in total. The van der Waals surface area contributed by atoms with Gasteiger partial charge in [0.25, 0.3) is 5.91 Å². The van der Waals surface area contributed by atoms with E-state index in [1.807, 2.05) is 12.1 Å². The molecular formula is C23H21ClN2O4. The first-order chi connectivity index (χ1) is 14.5. The number of amides is 1. The second-order valence-electron chi connectivity index (χ2n) is 7.23. The number of carbonyl (C=O) groups excluding carboxylic acids is 1. The zero-order valence-electron chi connectivity index (χ0n) is 16.4. The van der Waals surface area contributed by atoms with E-state index in [4.69, 9.17) is 20.8 Å². The van der Waals surface area contributed by atoms with Gasteiger partial charge in [0.15, 0.2) is 6.61 Å². The summed E-state index contributed by atoms with van der Waals surface area (Å²) in [7, 11) is 0. The number of nitrogens with one attached hydrogen (secondary N) is 1.